The van der Waals surface area contributed by atoms with Crippen molar-refractivity contribution in [1.29, 1.82) is 0 Å². The Labute approximate surface area is 163 Å². The molecule has 0 N–H and O–H groups in total. The predicted molar refractivity (Wildman–Crippen MR) is 108 cm³/mol. The Kier molecular flexibility index (Phi) is 4.09. The van der Waals surface area contributed by atoms with Gasteiger partial charge in [0, 0.05) is 35.7 Å². The summed E-state index contributed by atoms with van der Waals surface area (Å²) < 4.78 is 32.1. The summed E-state index contributed by atoms with van der Waals surface area (Å²) in [5.41, 5.74) is 2.66. The Morgan fingerprint density at radius 1 is 0.750 bits per heavy atom. The number of benzene rings is 1. The highest BCUT2D eigenvalue weighted by atomic mass is 19.1. The van der Waals surface area contributed by atoms with Gasteiger partial charge in [-0.3, -0.25) is 0 Å². The molecule has 0 bridgehead atoms. The van der Waals surface area contributed by atoms with Gasteiger partial charge in [-0.15, -0.1) is 0 Å². The van der Waals surface area contributed by atoms with Gasteiger partial charge in [0.05, 0.1) is 5.69 Å². The number of rotatable bonds is 4. The van der Waals surface area contributed by atoms with E-state index in [0.717, 1.165) is 11.1 Å². The first kappa shape index (κ1) is 16.9. The molecule has 3 aliphatic rings. The third-order valence-electron chi connectivity index (χ3n) is 5.65. The predicted octanol–water partition coefficient (Wildman–Crippen LogP) is 6.19. The van der Waals surface area contributed by atoms with E-state index in [2.05, 4.69) is 24.3 Å². The van der Waals surface area contributed by atoms with Crippen LogP contribution in [0.3, 0.4) is 0 Å². The molecule has 0 saturated heterocycles. The van der Waals surface area contributed by atoms with E-state index in [1.807, 2.05) is 48.6 Å². The number of allylic oxidation sites excluding steroid dienone is 12. The van der Waals surface area contributed by atoms with E-state index in [9.17, 15) is 4.39 Å². The van der Waals surface area contributed by atoms with Crippen LogP contribution in [0, 0.1) is 23.5 Å². The fourth-order valence-electron chi connectivity index (χ4n) is 4.35. The van der Waals surface area contributed by atoms with Crippen LogP contribution in [0.5, 0.6) is 0 Å². The summed E-state index contributed by atoms with van der Waals surface area (Å²) in [6.07, 6.45) is 23.9. The second kappa shape index (κ2) is 6.75. The Bertz CT molecular complexity index is 1070. The minimum Gasteiger partial charge on any atom is -0.321 e. The maximum absolute atomic E-state index is 15.5. The molecular formula is C25H19F2N. The lowest BCUT2D eigenvalue weighted by molar-refractivity contribution is 0.545. The standard InChI is InChI=1S/C25H19F2N/c26-21-13-14-22(28-15-5-6-16-28)25(27)24(21)20-12-11-19(17-7-1-2-8-17)23(20)18-9-3-4-10-18/h1-18,20H. The molecule has 1 aromatic carbocycles. The molecule has 0 spiro atoms. The van der Waals surface area contributed by atoms with Crippen LogP contribution in [-0.4, -0.2) is 4.57 Å². The van der Waals surface area contributed by atoms with E-state index in [0.29, 0.717) is 5.69 Å². The van der Waals surface area contributed by atoms with Crippen LogP contribution in [0.1, 0.15) is 11.5 Å². The molecule has 0 radical (unpaired) electrons. The zero-order chi connectivity index (χ0) is 19.1. The van der Waals surface area contributed by atoms with Gasteiger partial charge in [-0.05, 0) is 35.4 Å². The van der Waals surface area contributed by atoms with Gasteiger partial charge in [-0.2, -0.15) is 0 Å². The fraction of sp³-hybridized carbons (Fsp3) is 0.120. The van der Waals surface area contributed by atoms with Crippen LogP contribution in [0.4, 0.5) is 8.78 Å². The molecule has 138 valence electrons. The topological polar surface area (TPSA) is 4.93 Å². The van der Waals surface area contributed by atoms with Crippen molar-refractivity contribution >= 4 is 0 Å². The van der Waals surface area contributed by atoms with Gasteiger partial charge in [0.1, 0.15) is 5.82 Å². The highest BCUT2D eigenvalue weighted by Gasteiger charge is 2.33. The van der Waals surface area contributed by atoms with Gasteiger partial charge >= 0.3 is 0 Å². The number of halogens is 2. The first-order valence-electron chi connectivity index (χ1n) is 9.47. The van der Waals surface area contributed by atoms with Crippen LogP contribution >= 0.6 is 0 Å². The smallest absolute Gasteiger partial charge is 0.154 e. The minimum atomic E-state index is -0.509. The molecule has 1 heterocycles. The molecule has 1 aromatic heterocycles. The molecular weight excluding hydrogens is 352 g/mol. The van der Waals surface area contributed by atoms with Crippen LogP contribution in [0.2, 0.25) is 0 Å². The number of hydrogen-bond acceptors (Lipinski definition) is 0. The fourth-order valence-corrected chi connectivity index (χ4v) is 4.35. The van der Waals surface area contributed by atoms with Crippen LogP contribution in [-0.2, 0) is 0 Å². The SMILES string of the molecule is Fc1ccc(-n2cccc2)c(F)c1C1C=CC(C2C=CC=C2)=C1C1C=CC=C1. The third-order valence-corrected chi connectivity index (χ3v) is 5.65. The quantitative estimate of drug-likeness (QED) is 0.604. The maximum atomic E-state index is 15.5. The summed E-state index contributed by atoms with van der Waals surface area (Å²) >= 11 is 0. The molecule has 28 heavy (non-hydrogen) atoms. The van der Waals surface area contributed by atoms with E-state index in [-0.39, 0.29) is 17.4 Å². The second-order valence-electron chi connectivity index (χ2n) is 7.22. The van der Waals surface area contributed by atoms with Crippen molar-refractivity contribution in [3.05, 3.63) is 126 Å². The van der Waals surface area contributed by atoms with Crippen molar-refractivity contribution in [2.75, 3.05) is 0 Å². The van der Waals surface area contributed by atoms with Crippen molar-refractivity contribution in [3.8, 4) is 5.69 Å². The summed E-state index contributed by atoms with van der Waals surface area (Å²) in [5.74, 6) is -1.24. The average Bonchev–Trinajstić information content (AvgIpc) is 3.48. The molecule has 0 saturated carbocycles. The molecule has 1 atom stereocenters. The largest absolute Gasteiger partial charge is 0.321 e. The summed E-state index contributed by atoms with van der Waals surface area (Å²) in [6.45, 7) is 0. The monoisotopic (exact) mass is 371 g/mol. The minimum absolute atomic E-state index is 0.0476. The first-order chi connectivity index (χ1) is 13.7. The van der Waals surface area contributed by atoms with E-state index >= 15 is 4.39 Å². The molecule has 0 aliphatic heterocycles. The van der Waals surface area contributed by atoms with Crippen molar-refractivity contribution in [2.45, 2.75) is 5.92 Å². The number of aromatic nitrogens is 1. The van der Waals surface area contributed by atoms with Gasteiger partial charge in [-0.25, -0.2) is 8.78 Å². The number of nitrogens with zero attached hydrogens (tertiary/aromatic N) is 1. The van der Waals surface area contributed by atoms with Gasteiger partial charge in [0.15, 0.2) is 5.82 Å². The van der Waals surface area contributed by atoms with E-state index in [4.69, 9.17) is 0 Å². The van der Waals surface area contributed by atoms with E-state index in [1.165, 1.54) is 12.1 Å². The lowest BCUT2D eigenvalue weighted by Crippen LogP contribution is -2.12. The van der Waals surface area contributed by atoms with Gasteiger partial charge in [0.25, 0.3) is 0 Å². The normalized spacial score (nSPS) is 21.1. The Hall–Kier alpha value is -3.20. The summed E-state index contributed by atoms with van der Waals surface area (Å²) in [4.78, 5) is 0. The zero-order valence-electron chi connectivity index (χ0n) is 15.2. The van der Waals surface area contributed by atoms with Gasteiger partial charge < -0.3 is 4.57 Å². The van der Waals surface area contributed by atoms with Crippen LogP contribution in [0.15, 0.2) is 109 Å². The molecule has 2 aromatic rings. The second-order valence-corrected chi connectivity index (χ2v) is 7.22. The first-order valence-corrected chi connectivity index (χ1v) is 9.47. The molecule has 1 unspecified atom stereocenters. The summed E-state index contributed by atoms with van der Waals surface area (Å²) in [6, 6.07) is 6.52. The van der Waals surface area contributed by atoms with Crippen LogP contribution < -0.4 is 0 Å². The molecule has 3 aliphatic carbocycles. The Morgan fingerprint density at radius 3 is 2.07 bits per heavy atom. The molecule has 0 amide bonds. The summed E-state index contributed by atoms with van der Waals surface area (Å²) in [7, 11) is 0. The van der Waals surface area contributed by atoms with Crippen molar-refractivity contribution < 1.29 is 8.78 Å². The van der Waals surface area contributed by atoms with Crippen molar-refractivity contribution in [3.63, 3.8) is 0 Å². The van der Waals surface area contributed by atoms with E-state index < -0.39 is 17.6 Å². The van der Waals surface area contributed by atoms with Gasteiger partial charge in [0.2, 0.25) is 0 Å². The zero-order valence-corrected chi connectivity index (χ0v) is 15.2. The highest BCUT2D eigenvalue weighted by molar-refractivity contribution is 5.56. The lowest BCUT2D eigenvalue weighted by atomic mass is 9.81. The lowest BCUT2D eigenvalue weighted by Gasteiger charge is -2.23. The van der Waals surface area contributed by atoms with Crippen LogP contribution in [0.25, 0.3) is 5.69 Å². The molecule has 0 fully saturated rings. The third kappa shape index (κ3) is 2.66. The number of hydrogen-bond donors (Lipinski definition) is 0. The Morgan fingerprint density at radius 2 is 1.39 bits per heavy atom. The van der Waals surface area contributed by atoms with E-state index in [1.54, 1.807) is 17.0 Å². The van der Waals surface area contributed by atoms with Gasteiger partial charge in [-0.1, -0.05) is 60.8 Å². The average molecular weight is 371 g/mol. The highest BCUT2D eigenvalue weighted by Crippen LogP contribution is 2.46. The van der Waals surface area contributed by atoms with Crippen molar-refractivity contribution in [1.82, 2.24) is 4.57 Å². The summed E-state index contributed by atoms with van der Waals surface area (Å²) in [5, 5.41) is 0. The molecule has 3 heteroatoms. The molecule has 5 rings (SSSR count). The Balaban J connectivity index is 1.66. The maximum Gasteiger partial charge on any atom is 0.154 e. The van der Waals surface area contributed by atoms with Crippen molar-refractivity contribution in [2.24, 2.45) is 11.8 Å². The molecule has 1 nitrogen and oxygen atoms in total.